The molecule has 2 aromatic heterocycles. The van der Waals surface area contributed by atoms with Crippen molar-refractivity contribution < 1.29 is 5.11 Å². The van der Waals surface area contributed by atoms with Gasteiger partial charge in [-0.2, -0.15) is 0 Å². The summed E-state index contributed by atoms with van der Waals surface area (Å²) in [4.78, 5) is 6.25. The minimum absolute atomic E-state index is 0.114. The van der Waals surface area contributed by atoms with Gasteiger partial charge >= 0.3 is 0 Å². The molecule has 4 heteroatoms. The Hall–Kier alpha value is -4.12. The molecule has 4 aromatic carbocycles. The third kappa shape index (κ3) is 4.49. The second-order valence-corrected chi connectivity index (χ2v) is 13.8. The number of aliphatic hydroxyl groups excluding tert-OH is 1. The number of H-pyrrole nitrogens is 1. The number of rotatable bonds is 7. The molecular weight excluding hydrogens is 550 g/mol. The number of aryl methyl sites for hydroxylation is 1. The fourth-order valence-corrected chi connectivity index (χ4v) is 9.31. The lowest BCUT2D eigenvalue weighted by Gasteiger charge is -2.34. The fraction of sp³-hybridized carbons (Fsp3) is 0.317. The summed E-state index contributed by atoms with van der Waals surface area (Å²) in [5.74, 6) is 1.45. The fourth-order valence-electron chi connectivity index (χ4n) is 9.31. The quantitative estimate of drug-likeness (QED) is 0.195. The highest BCUT2D eigenvalue weighted by molar-refractivity contribution is 5.85. The molecule has 3 fully saturated rings. The van der Waals surface area contributed by atoms with E-state index in [1.54, 1.807) is 0 Å². The van der Waals surface area contributed by atoms with Crippen molar-refractivity contribution in [3.63, 3.8) is 0 Å². The molecule has 4 aliphatic rings. The topological polar surface area (TPSA) is 44.2 Å². The molecule has 2 aliphatic carbocycles. The van der Waals surface area contributed by atoms with Crippen molar-refractivity contribution in [3.05, 3.63) is 132 Å². The maximum absolute atomic E-state index is 10.5. The van der Waals surface area contributed by atoms with Gasteiger partial charge in [0, 0.05) is 59.2 Å². The first-order valence-electron chi connectivity index (χ1n) is 16.9. The van der Waals surface area contributed by atoms with Gasteiger partial charge in [0.1, 0.15) is 0 Å². The zero-order chi connectivity index (χ0) is 29.9. The van der Waals surface area contributed by atoms with Crippen LogP contribution in [0.2, 0.25) is 0 Å². The summed E-state index contributed by atoms with van der Waals surface area (Å²) in [5.41, 5.74) is 11.0. The summed E-state index contributed by atoms with van der Waals surface area (Å²) in [7, 11) is 0. The molecule has 4 heterocycles. The lowest BCUT2D eigenvalue weighted by molar-refractivity contribution is 0.197. The minimum atomic E-state index is 0.114. The van der Waals surface area contributed by atoms with Crippen LogP contribution < -0.4 is 0 Å². The van der Waals surface area contributed by atoms with Crippen LogP contribution in [0.15, 0.2) is 109 Å². The van der Waals surface area contributed by atoms with Gasteiger partial charge in [0.2, 0.25) is 0 Å². The molecule has 0 amide bonds. The Labute approximate surface area is 265 Å². The summed E-state index contributed by atoms with van der Waals surface area (Å²) < 4.78 is 2.67. The van der Waals surface area contributed by atoms with E-state index < -0.39 is 0 Å². The number of hydrogen-bond donors (Lipinski definition) is 2. The average Bonchev–Trinajstić information content (AvgIpc) is 3.69. The third-order valence-electron chi connectivity index (χ3n) is 11.4. The molecule has 10 rings (SSSR count). The SMILES string of the molecule is OCC(CCc1cn(C2CC3CCC2CN(C2c4ccccc4-c4ccccc42)C3)c2ccccc12)c1c[nH]c2ccccc12. The van der Waals surface area contributed by atoms with Gasteiger partial charge in [0.15, 0.2) is 0 Å². The van der Waals surface area contributed by atoms with Crippen LogP contribution in [-0.2, 0) is 6.42 Å². The first-order valence-corrected chi connectivity index (χ1v) is 16.9. The number of fused-ring (bicyclic) bond motifs is 9. The Morgan fingerprint density at radius 1 is 0.778 bits per heavy atom. The first kappa shape index (κ1) is 27.2. The number of aromatic amines is 1. The molecule has 2 N–H and O–H groups in total. The maximum atomic E-state index is 10.5. The average molecular weight is 592 g/mol. The van der Waals surface area contributed by atoms with Crippen molar-refractivity contribution in [3.8, 4) is 11.1 Å². The highest BCUT2D eigenvalue weighted by Crippen LogP contribution is 2.50. The van der Waals surface area contributed by atoms with Crippen LogP contribution in [0.4, 0.5) is 0 Å². The lowest BCUT2D eigenvalue weighted by atomic mass is 9.80. The zero-order valence-electron chi connectivity index (χ0n) is 25.8. The van der Waals surface area contributed by atoms with Gasteiger partial charge in [-0.15, -0.1) is 0 Å². The van der Waals surface area contributed by atoms with E-state index in [1.807, 2.05) is 0 Å². The lowest BCUT2D eigenvalue weighted by Crippen LogP contribution is -2.33. The van der Waals surface area contributed by atoms with Crippen molar-refractivity contribution in [2.75, 3.05) is 19.7 Å². The van der Waals surface area contributed by atoms with Crippen LogP contribution in [-0.4, -0.2) is 39.3 Å². The van der Waals surface area contributed by atoms with Gasteiger partial charge in [-0.3, -0.25) is 4.90 Å². The monoisotopic (exact) mass is 591 g/mol. The van der Waals surface area contributed by atoms with Crippen LogP contribution in [0.5, 0.6) is 0 Å². The summed E-state index contributed by atoms with van der Waals surface area (Å²) in [5, 5.41) is 13.1. The zero-order valence-corrected chi connectivity index (χ0v) is 25.8. The molecule has 0 radical (unpaired) electrons. The Kier molecular flexibility index (Phi) is 6.68. The standard InChI is InChI=1S/C41H41N3O/c45-26-30(37-22-42-38-15-7-5-12-34(37)38)20-19-28-25-44(39-16-8-6-9-31(28)39)40-21-27-17-18-29(40)24-43(23-27)41-35-13-3-1-10-32(35)33-11-2-4-14-36(33)41/h1-16,22,25,27,29-30,40-42,45H,17-21,23-24,26H2. The van der Waals surface area contributed by atoms with E-state index in [9.17, 15) is 5.11 Å². The largest absolute Gasteiger partial charge is 0.396 e. The Morgan fingerprint density at radius 2 is 1.49 bits per heavy atom. The van der Waals surface area contributed by atoms with Crippen LogP contribution in [0.25, 0.3) is 32.9 Å². The van der Waals surface area contributed by atoms with E-state index in [0.29, 0.717) is 23.9 Å². The minimum Gasteiger partial charge on any atom is -0.396 e. The van der Waals surface area contributed by atoms with Crippen molar-refractivity contribution in [1.82, 2.24) is 14.5 Å². The molecule has 2 bridgehead atoms. The summed E-state index contributed by atoms with van der Waals surface area (Å²) in [6.45, 7) is 2.48. The normalized spacial score (nSPS) is 22.1. The molecule has 2 saturated heterocycles. The molecule has 226 valence electrons. The summed E-state index contributed by atoms with van der Waals surface area (Å²) in [6.07, 6.45) is 10.4. The van der Waals surface area contributed by atoms with E-state index in [1.165, 1.54) is 75.5 Å². The maximum Gasteiger partial charge on any atom is 0.0614 e. The van der Waals surface area contributed by atoms with Crippen LogP contribution >= 0.6 is 0 Å². The van der Waals surface area contributed by atoms with E-state index in [4.69, 9.17) is 0 Å². The number of nitrogens with one attached hydrogen (secondary N) is 1. The molecule has 6 aromatic rings. The van der Waals surface area contributed by atoms with Crippen LogP contribution in [0.1, 0.15) is 65.9 Å². The van der Waals surface area contributed by atoms with E-state index >= 15 is 0 Å². The van der Waals surface area contributed by atoms with Gasteiger partial charge < -0.3 is 14.7 Å². The van der Waals surface area contributed by atoms with Gasteiger partial charge in [-0.25, -0.2) is 0 Å². The van der Waals surface area contributed by atoms with E-state index in [0.717, 1.165) is 24.9 Å². The van der Waals surface area contributed by atoms with Gasteiger partial charge in [-0.05, 0) is 89.5 Å². The smallest absolute Gasteiger partial charge is 0.0614 e. The predicted octanol–water partition coefficient (Wildman–Crippen LogP) is 8.87. The molecule has 2 aliphatic heterocycles. The summed E-state index contributed by atoms with van der Waals surface area (Å²) in [6, 6.07) is 36.6. The molecule has 4 nitrogen and oxygen atoms in total. The number of hydrogen-bond acceptors (Lipinski definition) is 2. The predicted molar refractivity (Wildman–Crippen MR) is 184 cm³/mol. The third-order valence-corrected chi connectivity index (χ3v) is 11.4. The highest BCUT2D eigenvalue weighted by Gasteiger charge is 2.42. The summed E-state index contributed by atoms with van der Waals surface area (Å²) >= 11 is 0. The Bertz CT molecular complexity index is 1960. The molecule has 4 unspecified atom stereocenters. The second-order valence-electron chi connectivity index (χ2n) is 13.8. The Morgan fingerprint density at radius 3 is 2.29 bits per heavy atom. The van der Waals surface area contributed by atoms with Crippen molar-refractivity contribution in [2.24, 2.45) is 11.8 Å². The van der Waals surface area contributed by atoms with Gasteiger partial charge in [-0.1, -0.05) is 84.9 Å². The number of benzene rings is 4. The van der Waals surface area contributed by atoms with E-state index in [-0.39, 0.29) is 12.5 Å². The molecule has 4 atom stereocenters. The Balaban J connectivity index is 1.02. The number of aliphatic hydroxyl groups is 1. The number of aromatic nitrogens is 2. The molecule has 45 heavy (non-hydrogen) atoms. The van der Waals surface area contributed by atoms with Crippen LogP contribution in [0.3, 0.4) is 0 Å². The van der Waals surface area contributed by atoms with Gasteiger partial charge in [0.05, 0.1) is 12.6 Å². The molecule has 1 saturated carbocycles. The van der Waals surface area contributed by atoms with Crippen molar-refractivity contribution >= 4 is 21.8 Å². The second kappa shape index (κ2) is 11.0. The highest BCUT2D eigenvalue weighted by atomic mass is 16.3. The first-order chi connectivity index (χ1) is 22.3. The number of nitrogens with zero attached hydrogens (tertiary/aromatic N) is 2. The molecular formula is C41H41N3O. The van der Waals surface area contributed by atoms with Crippen molar-refractivity contribution in [2.45, 2.75) is 50.1 Å². The van der Waals surface area contributed by atoms with Crippen molar-refractivity contribution in [1.29, 1.82) is 0 Å². The molecule has 0 spiro atoms. The van der Waals surface area contributed by atoms with Gasteiger partial charge in [0.25, 0.3) is 0 Å². The number of para-hydroxylation sites is 2. The van der Waals surface area contributed by atoms with E-state index in [2.05, 4.69) is 124 Å². The van der Waals surface area contributed by atoms with Crippen LogP contribution in [0, 0.1) is 11.8 Å².